The van der Waals surface area contributed by atoms with Crippen molar-refractivity contribution in [3.8, 4) is 22.6 Å². The molecule has 172 valence electrons. The summed E-state index contributed by atoms with van der Waals surface area (Å²) < 4.78 is 36.6. The molecule has 2 saturated heterocycles. The van der Waals surface area contributed by atoms with Crippen LogP contribution in [0.2, 0.25) is 0 Å². The van der Waals surface area contributed by atoms with Gasteiger partial charge in [-0.2, -0.15) is 0 Å². The van der Waals surface area contributed by atoms with Crippen molar-refractivity contribution >= 4 is 10.8 Å². The van der Waals surface area contributed by atoms with E-state index in [-0.39, 0.29) is 12.2 Å². The molecule has 2 aromatic rings. The second-order valence-corrected chi connectivity index (χ2v) is 10.6. The van der Waals surface area contributed by atoms with Gasteiger partial charge >= 0.3 is 0 Å². The predicted molar refractivity (Wildman–Crippen MR) is 124 cm³/mol. The van der Waals surface area contributed by atoms with Crippen LogP contribution in [0.3, 0.4) is 0 Å². The minimum atomic E-state index is -1.21. The Hall–Kier alpha value is -1.89. The van der Waals surface area contributed by atoms with Crippen molar-refractivity contribution in [1.82, 2.24) is 0 Å². The number of rotatable bonds is 10. The largest absolute Gasteiger partial charge is 0.490 e. The summed E-state index contributed by atoms with van der Waals surface area (Å²) in [5.41, 5.74) is 4.22. The van der Waals surface area contributed by atoms with Gasteiger partial charge in [0.2, 0.25) is 0 Å². The summed E-state index contributed by atoms with van der Waals surface area (Å²) in [6.45, 7) is 11.4. The molecule has 32 heavy (non-hydrogen) atoms. The zero-order valence-corrected chi connectivity index (χ0v) is 20.1. The first-order chi connectivity index (χ1) is 15.5. The highest BCUT2D eigenvalue weighted by Crippen LogP contribution is 2.48. The Bertz CT molecular complexity index is 959. The molecule has 6 heteroatoms. The summed E-state index contributed by atoms with van der Waals surface area (Å²) in [6.07, 6.45) is 2.37. The number of hydrogen-bond donors (Lipinski definition) is 0. The third-order valence-corrected chi connectivity index (χ3v) is 8.33. The number of ether oxygens (including phenoxy) is 4. The molecule has 3 heterocycles. The summed E-state index contributed by atoms with van der Waals surface area (Å²) in [7, 11) is -1.21. The van der Waals surface area contributed by atoms with Gasteiger partial charge in [0.1, 0.15) is 36.9 Å². The molecule has 2 aromatic carbocycles. The minimum absolute atomic E-state index is 0.192. The lowest BCUT2D eigenvalue weighted by atomic mass is 9.92. The summed E-state index contributed by atoms with van der Waals surface area (Å²) in [5.74, 6) is 2.39. The van der Waals surface area contributed by atoms with Gasteiger partial charge in [-0.15, -0.1) is 0 Å². The van der Waals surface area contributed by atoms with Crippen LogP contribution >= 0.6 is 0 Å². The molecule has 5 rings (SSSR count). The van der Waals surface area contributed by atoms with Crippen molar-refractivity contribution < 1.29 is 23.2 Å². The average Bonchev–Trinajstić information content (AvgIpc) is 3.74. The summed E-state index contributed by atoms with van der Waals surface area (Å²) >= 11 is 0. The second-order valence-electron chi connectivity index (χ2n) is 9.19. The van der Waals surface area contributed by atoms with Crippen LogP contribution in [0, 0.1) is 0 Å². The van der Waals surface area contributed by atoms with Gasteiger partial charge in [0.25, 0.3) is 0 Å². The van der Waals surface area contributed by atoms with Crippen LogP contribution in [-0.4, -0.2) is 42.8 Å². The molecule has 0 amide bonds. The van der Waals surface area contributed by atoms with E-state index in [4.69, 9.17) is 18.9 Å². The maximum Gasteiger partial charge on any atom is 0.123 e. The maximum absolute atomic E-state index is 13.6. The Kier molecular flexibility index (Phi) is 6.03. The molecule has 0 saturated carbocycles. The maximum atomic E-state index is 13.6. The molecular formula is C26H32O5S. The molecule has 0 spiro atoms. The molecule has 2 fully saturated rings. The molecule has 3 aliphatic rings. The molecule has 4 atom stereocenters. The molecular weight excluding hydrogens is 424 g/mol. The van der Waals surface area contributed by atoms with E-state index >= 15 is 0 Å². The van der Waals surface area contributed by atoms with Crippen LogP contribution in [-0.2, 0) is 20.3 Å². The van der Waals surface area contributed by atoms with E-state index in [1.807, 2.05) is 0 Å². The van der Waals surface area contributed by atoms with Crippen LogP contribution in [0.1, 0.15) is 63.5 Å². The van der Waals surface area contributed by atoms with E-state index in [0.717, 1.165) is 69.6 Å². The fraction of sp³-hybridized carbons (Fsp3) is 0.538. The van der Waals surface area contributed by atoms with Crippen molar-refractivity contribution in [1.29, 1.82) is 0 Å². The van der Waals surface area contributed by atoms with Crippen molar-refractivity contribution in [2.75, 3.05) is 26.4 Å². The molecule has 3 aliphatic heterocycles. The summed E-state index contributed by atoms with van der Waals surface area (Å²) in [6, 6.07) is 8.37. The lowest BCUT2D eigenvalue weighted by Gasteiger charge is -2.18. The van der Waals surface area contributed by atoms with Gasteiger partial charge in [0.15, 0.2) is 0 Å². The van der Waals surface area contributed by atoms with Crippen molar-refractivity contribution in [3.05, 3.63) is 35.4 Å². The molecule has 4 unspecified atom stereocenters. The number of epoxide rings is 2. The van der Waals surface area contributed by atoms with Gasteiger partial charge < -0.3 is 18.9 Å². The molecule has 0 aromatic heterocycles. The van der Waals surface area contributed by atoms with E-state index in [0.29, 0.717) is 25.0 Å². The first kappa shape index (κ1) is 21.9. The van der Waals surface area contributed by atoms with Crippen molar-refractivity contribution in [3.63, 3.8) is 0 Å². The van der Waals surface area contributed by atoms with Crippen LogP contribution in [0.5, 0.6) is 11.5 Å². The Morgan fingerprint density at radius 3 is 1.59 bits per heavy atom. The molecule has 0 radical (unpaired) electrons. The number of benzene rings is 2. The van der Waals surface area contributed by atoms with Gasteiger partial charge in [-0.05, 0) is 60.1 Å². The van der Waals surface area contributed by atoms with E-state index in [1.165, 1.54) is 0 Å². The summed E-state index contributed by atoms with van der Waals surface area (Å²) in [5, 5.41) is 0. The van der Waals surface area contributed by atoms with Crippen LogP contribution in [0.25, 0.3) is 11.1 Å². The summed E-state index contributed by atoms with van der Waals surface area (Å²) in [4.78, 5) is 1.76. The highest BCUT2D eigenvalue weighted by molar-refractivity contribution is 7.85. The third-order valence-electron chi connectivity index (χ3n) is 6.85. The lowest BCUT2D eigenvalue weighted by molar-refractivity contribution is 0.259. The Morgan fingerprint density at radius 1 is 0.844 bits per heavy atom. The molecule has 0 aliphatic carbocycles. The Balaban J connectivity index is 1.57. The van der Waals surface area contributed by atoms with Crippen LogP contribution in [0.15, 0.2) is 34.1 Å². The fourth-order valence-corrected chi connectivity index (χ4v) is 5.59. The fourth-order valence-electron chi connectivity index (χ4n) is 4.15. The highest BCUT2D eigenvalue weighted by Gasteiger charge is 2.32. The van der Waals surface area contributed by atoms with E-state index in [1.54, 1.807) is 0 Å². The Labute approximate surface area is 192 Å². The quantitative estimate of drug-likeness (QED) is 0.382. The molecule has 5 nitrogen and oxygen atoms in total. The van der Waals surface area contributed by atoms with Crippen LogP contribution in [0.4, 0.5) is 0 Å². The third kappa shape index (κ3) is 4.20. The number of hydrogen-bond acceptors (Lipinski definition) is 5. The van der Waals surface area contributed by atoms with Crippen molar-refractivity contribution in [2.45, 2.75) is 74.4 Å². The van der Waals surface area contributed by atoms with Crippen LogP contribution < -0.4 is 9.47 Å². The van der Waals surface area contributed by atoms with Crippen molar-refractivity contribution in [2.24, 2.45) is 0 Å². The topological polar surface area (TPSA) is 60.6 Å². The van der Waals surface area contributed by atoms with E-state index in [2.05, 4.69) is 52.0 Å². The Morgan fingerprint density at radius 2 is 1.25 bits per heavy atom. The SMILES string of the molecule is CCC(C)c1cc2c(cc1OCC1CO1)-c1cc(OCC3CO3)c(C(C)CC)cc1S2=O. The smallest absolute Gasteiger partial charge is 0.123 e. The highest BCUT2D eigenvalue weighted by atomic mass is 32.2. The van der Waals surface area contributed by atoms with Gasteiger partial charge in [0.05, 0.1) is 33.8 Å². The molecule has 0 N–H and O–H groups in total. The first-order valence-corrected chi connectivity index (χ1v) is 12.9. The second kappa shape index (κ2) is 8.81. The number of fused-ring (bicyclic) bond motifs is 3. The normalized spacial score (nSPS) is 24.4. The zero-order chi connectivity index (χ0) is 22.4. The standard InChI is InChI=1S/C26H32O5S/c1-5-15(3)19-9-25-21(7-23(19)30-13-17-11-28-17)22-8-24(31-14-18-12-29-18)20(16(4)6-2)10-26(22)32(25)27/h7-10,15-18H,5-6,11-14H2,1-4H3. The van der Waals surface area contributed by atoms with E-state index in [9.17, 15) is 4.21 Å². The first-order valence-electron chi connectivity index (χ1n) is 11.8. The lowest BCUT2D eigenvalue weighted by Crippen LogP contribution is -2.08. The van der Waals surface area contributed by atoms with Gasteiger partial charge in [-0.25, -0.2) is 4.21 Å². The molecule has 0 bridgehead atoms. The van der Waals surface area contributed by atoms with Gasteiger partial charge in [-0.3, -0.25) is 0 Å². The minimum Gasteiger partial charge on any atom is -0.490 e. The average molecular weight is 457 g/mol. The van der Waals surface area contributed by atoms with E-state index < -0.39 is 10.8 Å². The van der Waals surface area contributed by atoms with Gasteiger partial charge in [0, 0.05) is 11.1 Å². The predicted octanol–water partition coefficient (Wildman–Crippen LogP) is 5.42. The monoisotopic (exact) mass is 456 g/mol. The van der Waals surface area contributed by atoms with Gasteiger partial charge in [-0.1, -0.05) is 27.7 Å². The zero-order valence-electron chi connectivity index (χ0n) is 19.3.